The van der Waals surface area contributed by atoms with Crippen LogP contribution in [0.15, 0.2) is 27.8 Å². The second-order valence-corrected chi connectivity index (χ2v) is 6.70. The Balaban J connectivity index is 2.75. The Hall–Kier alpha value is -0.170. The molecule has 1 atom stereocenters. The van der Waals surface area contributed by atoms with E-state index in [-0.39, 0.29) is 10.9 Å². The van der Waals surface area contributed by atoms with Crippen molar-refractivity contribution in [3.8, 4) is 0 Å². The lowest BCUT2D eigenvalue weighted by Gasteiger charge is -2.13. The van der Waals surface area contributed by atoms with E-state index < -0.39 is 10.0 Å². The van der Waals surface area contributed by atoms with Crippen LogP contribution in [0.1, 0.15) is 19.8 Å². The zero-order valence-electron chi connectivity index (χ0n) is 9.36. The summed E-state index contributed by atoms with van der Waals surface area (Å²) in [6, 6.07) is 1.38. The van der Waals surface area contributed by atoms with Gasteiger partial charge in [-0.2, -0.15) is 0 Å². The Morgan fingerprint density at radius 2 is 2.24 bits per heavy atom. The highest BCUT2D eigenvalue weighted by atomic mass is 79.9. The number of pyridine rings is 1. The molecule has 0 aliphatic heterocycles. The molecule has 96 valence electrons. The van der Waals surface area contributed by atoms with Crippen LogP contribution in [0.2, 0.25) is 0 Å². The number of nitrogens with one attached hydrogen (secondary N) is 1. The third-order valence-corrected chi connectivity index (χ3v) is 4.37. The molecular formula is C10H14BrClN2O2S. The summed E-state index contributed by atoms with van der Waals surface area (Å²) in [5, 5.41) is 0. The van der Waals surface area contributed by atoms with E-state index in [1.165, 1.54) is 18.5 Å². The van der Waals surface area contributed by atoms with Gasteiger partial charge in [0.05, 0.1) is 0 Å². The Morgan fingerprint density at radius 1 is 1.53 bits per heavy atom. The number of alkyl halides is 1. The lowest BCUT2D eigenvalue weighted by molar-refractivity contribution is 0.544. The van der Waals surface area contributed by atoms with Gasteiger partial charge in [-0.1, -0.05) is 0 Å². The van der Waals surface area contributed by atoms with Crippen LogP contribution in [0.3, 0.4) is 0 Å². The number of halogens is 2. The molecule has 1 heterocycles. The van der Waals surface area contributed by atoms with Gasteiger partial charge in [-0.05, 0) is 41.8 Å². The number of rotatable bonds is 6. The van der Waals surface area contributed by atoms with Crippen molar-refractivity contribution in [3.63, 3.8) is 0 Å². The van der Waals surface area contributed by atoms with Gasteiger partial charge < -0.3 is 0 Å². The summed E-state index contributed by atoms with van der Waals surface area (Å²) in [5.74, 6) is 0.532. The van der Waals surface area contributed by atoms with E-state index in [1.54, 1.807) is 0 Å². The predicted molar refractivity (Wildman–Crippen MR) is 71.7 cm³/mol. The summed E-state index contributed by atoms with van der Waals surface area (Å²) < 4.78 is 27.1. The van der Waals surface area contributed by atoms with Crippen LogP contribution in [0, 0.1) is 0 Å². The number of hydrogen-bond donors (Lipinski definition) is 1. The highest BCUT2D eigenvalue weighted by molar-refractivity contribution is 9.10. The highest BCUT2D eigenvalue weighted by Gasteiger charge is 2.17. The zero-order chi connectivity index (χ0) is 12.9. The largest absolute Gasteiger partial charge is 0.262 e. The Morgan fingerprint density at radius 3 is 2.82 bits per heavy atom. The zero-order valence-corrected chi connectivity index (χ0v) is 12.5. The summed E-state index contributed by atoms with van der Waals surface area (Å²) in [4.78, 5) is 3.99. The van der Waals surface area contributed by atoms with E-state index in [1.807, 2.05) is 6.92 Å². The van der Waals surface area contributed by atoms with E-state index in [0.29, 0.717) is 16.8 Å². The molecule has 4 nitrogen and oxygen atoms in total. The minimum Gasteiger partial charge on any atom is -0.262 e. The molecule has 0 saturated heterocycles. The SMILES string of the molecule is CC(CCCCl)NS(=O)(=O)c1cncc(Br)c1. The standard InChI is InChI=1S/C10H14BrClN2O2S/c1-8(3-2-4-12)14-17(15,16)10-5-9(11)6-13-7-10/h5-8,14H,2-4H2,1H3. The average Bonchev–Trinajstić information content (AvgIpc) is 2.26. The van der Waals surface area contributed by atoms with E-state index in [9.17, 15) is 8.42 Å². The van der Waals surface area contributed by atoms with Crippen LogP contribution < -0.4 is 4.72 Å². The second-order valence-electron chi connectivity index (χ2n) is 3.69. The first-order valence-electron chi connectivity index (χ1n) is 5.14. The molecule has 1 rings (SSSR count). The molecule has 0 spiro atoms. The van der Waals surface area contributed by atoms with Crippen LogP contribution in [0.5, 0.6) is 0 Å². The third kappa shape index (κ3) is 4.91. The van der Waals surface area contributed by atoms with Crippen LogP contribution in [-0.4, -0.2) is 25.3 Å². The summed E-state index contributed by atoms with van der Waals surface area (Å²) >= 11 is 8.75. The topological polar surface area (TPSA) is 59.1 Å². The van der Waals surface area contributed by atoms with E-state index in [2.05, 4.69) is 25.6 Å². The normalized spacial score (nSPS) is 13.6. The van der Waals surface area contributed by atoms with Crippen molar-refractivity contribution in [3.05, 3.63) is 22.9 Å². The third-order valence-electron chi connectivity index (χ3n) is 2.12. The first-order valence-corrected chi connectivity index (χ1v) is 7.95. The number of aromatic nitrogens is 1. The lowest BCUT2D eigenvalue weighted by atomic mass is 10.2. The van der Waals surface area contributed by atoms with Crippen molar-refractivity contribution in [2.75, 3.05) is 5.88 Å². The second kappa shape index (κ2) is 6.68. The Kier molecular flexibility index (Phi) is 5.85. The lowest BCUT2D eigenvalue weighted by Crippen LogP contribution is -2.32. The minimum absolute atomic E-state index is 0.141. The van der Waals surface area contributed by atoms with Crippen molar-refractivity contribution < 1.29 is 8.42 Å². The van der Waals surface area contributed by atoms with Gasteiger partial charge in [0.25, 0.3) is 0 Å². The van der Waals surface area contributed by atoms with Gasteiger partial charge in [0.15, 0.2) is 0 Å². The van der Waals surface area contributed by atoms with E-state index in [0.717, 1.165) is 6.42 Å². The molecule has 1 aromatic heterocycles. The van der Waals surface area contributed by atoms with Gasteiger partial charge in [-0.3, -0.25) is 4.98 Å². The van der Waals surface area contributed by atoms with Crippen LogP contribution in [-0.2, 0) is 10.0 Å². The van der Waals surface area contributed by atoms with E-state index in [4.69, 9.17) is 11.6 Å². The number of sulfonamides is 1. The summed E-state index contributed by atoms with van der Waals surface area (Å²) in [6.07, 6.45) is 4.35. The Bertz CT molecular complexity index is 467. The molecule has 1 unspecified atom stereocenters. The molecule has 0 fully saturated rings. The number of hydrogen-bond acceptors (Lipinski definition) is 3. The van der Waals surface area contributed by atoms with Crippen molar-refractivity contribution in [2.45, 2.75) is 30.7 Å². The van der Waals surface area contributed by atoms with Gasteiger partial charge in [0.1, 0.15) is 4.90 Å². The molecule has 7 heteroatoms. The molecule has 1 aromatic rings. The van der Waals surface area contributed by atoms with Crippen LogP contribution in [0.4, 0.5) is 0 Å². The monoisotopic (exact) mass is 340 g/mol. The minimum atomic E-state index is -3.50. The molecule has 0 aliphatic carbocycles. The average molecular weight is 342 g/mol. The quantitative estimate of drug-likeness (QED) is 0.809. The molecule has 17 heavy (non-hydrogen) atoms. The van der Waals surface area contributed by atoms with Gasteiger partial charge in [0, 0.05) is 28.8 Å². The molecule has 0 saturated carbocycles. The van der Waals surface area contributed by atoms with Gasteiger partial charge in [-0.15, -0.1) is 11.6 Å². The molecule has 0 radical (unpaired) electrons. The fourth-order valence-electron chi connectivity index (χ4n) is 1.31. The van der Waals surface area contributed by atoms with Crippen molar-refractivity contribution in [1.82, 2.24) is 9.71 Å². The van der Waals surface area contributed by atoms with Gasteiger partial charge >= 0.3 is 0 Å². The van der Waals surface area contributed by atoms with Crippen molar-refractivity contribution in [1.29, 1.82) is 0 Å². The summed E-state index contributed by atoms with van der Waals surface area (Å²) in [5.41, 5.74) is 0. The molecular weight excluding hydrogens is 328 g/mol. The van der Waals surface area contributed by atoms with Crippen LogP contribution >= 0.6 is 27.5 Å². The molecule has 0 bridgehead atoms. The van der Waals surface area contributed by atoms with Crippen LogP contribution in [0.25, 0.3) is 0 Å². The maximum atomic E-state index is 12.0. The summed E-state index contributed by atoms with van der Waals surface area (Å²) in [7, 11) is -3.50. The van der Waals surface area contributed by atoms with Gasteiger partial charge in [0.2, 0.25) is 10.0 Å². The first-order chi connectivity index (χ1) is 7.95. The van der Waals surface area contributed by atoms with Gasteiger partial charge in [-0.25, -0.2) is 13.1 Å². The summed E-state index contributed by atoms with van der Waals surface area (Å²) in [6.45, 7) is 1.81. The fourth-order valence-corrected chi connectivity index (χ4v) is 3.25. The first kappa shape index (κ1) is 14.9. The van der Waals surface area contributed by atoms with E-state index >= 15 is 0 Å². The molecule has 1 N–H and O–H groups in total. The fraction of sp³-hybridized carbons (Fsp3) is 0.500. The molecule has 0 amide bonds. The number of nitrogens with zero attached hydrogens (tertiary/aromatic N) is 1. The van der Waals surface area contributed by atoms with Crippen molar-refractivity contribution >= 4 is 37.6 Å². The maximum Gasteiger partial charge on any atom is 0.242 e. The smallest absolute Gasteiger partial charge is 0.242 e. The Labute approximate surface area is 115 Å². The highest BCUT2D eigenvalue weighted by Crippen LogP contribution is 2.15. The van der Waals surface area contributed by atoms with Crippen molar-refractivity contribution in [2.24, 2.45) is 0 Å². The maximum absolute atomic E-state index is 12.0. The predicted octanol–water partition coefficient (Wildman–Crippen LogP) is 2.53. The molecule has 0 aromatic carbocycles. The molecule has 0 aliphatic rings.